The molecule has 1 aromatic heterocycles. The number of benzene rings is 2. The van der Waals surface area contributed by atoms with E-state index in [-0.39, 0.29) is 18.3 Å². The molecule has 7 heteroatoms. The van der Waals surface area contributed by atoms with Crippen molar-refractivity contribution in [2.75, 3.05) is 12.9 Å². The number of rotatable bonds is 6. The Morgan fingerprint density at radius 1 is 1.22 bits per heavy atom. The van der Waals surface area contributed by atoms with Crippen LogP contribution in [0.5, 0.6) is 0 Å². The maximum Gasteiger partial charge on any atom is 0.151 e. The second-order valence-corrected chi connectivity index (χ2v) is 9.44. The molecule has 0 radical (unpaired) electrons. The zero-order valence-electron chi connectivity index (χ0n) is 15.1. The van der Waals surface area contributed by atoms with E-state index in [1.165, 1.54) is 12.1 Å². The maximum absolute atomic E-state index is 14.2. The number of aryl methyl sites for hydroxylation is 1. The third-order valence-corrected chi connectivity index (χ3v) is 5.76. The molecule has 1 atom stereocenters. The predicted molar refractivity (Wildman–Crippen MR) is 107 cm³/mol. The van der Waals surface area contributed by atoms with Crippen molar-refractivity contribution in [1.82, 2.24) is 4.98 Å². The van der Waals surface area contributed by atoms with Crippen molar-refractivity contribution in [3.63, 3.8) is 0 Å². The van der Waals surface area contributed by atoms with E-state index in [0.717, 1.165) is 22.9 Å². The van der Waals surface area contributed by atoms with Crippen molar-refractivity contribution in [3.05, 3.63) is 69.6 Å². The minimum atomic E-state index is -3.31. The molecule has 0 saturated heterocycles. The third kappa shape index (κ3) is 4.34. The highest BCUT2D eigenvalue weighted by atomic mass is 35.5. The minimum Gasteiger partial charge on any atom is -0.396 e. The number of aliphatic hydroxyl groups excluding tert-OH is 1. The topological polar surface area (TPSA) is 70.2 Å². The van der Waals surface area contributed by atoms with Gasteiger partial charge >= 0.3 is 0 Å². The number of sulfone groups is 1. The van der Waals surface area contributed by atoms with Gasteiger partial charge in [0.15, 0.2) is 9.84 Å². The zero-order chi connectivity index (χ0) is 19.8. The Morgan fingerprint density at radius 3 is 2.59 bits per heavy atom. The minimum absolute atomic E-state index is 0.0368. The molecule has 0 spiro atoms. The summed E-state index contributed by atoms with van der Waals surface area (Å²) < 4.78 is 37.7. The summed E-state index contributed by atoms with van der Waals surface area (Å²) in [5.41, 5.74) is 3.78. The van der Waals surface area contributed by atoms with E-state index < -0.39 is 15.7 Å². The van der Waals surface area contributed by atoms with Crippen molar-refractivity contribution in [2.45, 2.75) is 25.0 Å². The van der Waals surface area contributed by atoms with Crippen LogP contribution in [0.1, 0.15) is 34.6 Å². The summed E-state index contributed by atoms with van der Waals surface area (Å²) in [6.07, 6.45) is 3.34. The van der Waals surface area contributed by atoms with Gasteiger partial charge in [-0.15, -0.1) is 0 Å². The molecule has 144 valence electrons. The van der Waals surface area contributed by atoms with Crippen molar-refractivity contribution < 1.29 is 17.9 Å². The standard InChI is InChI=1S/C20H21ClFNO3S/c1-12-7-14(21)3-4-16(12)17(5-6-24)19-10-23-20-13(11-27(2,25)26)8-15(22)9-18(19)20/h3-4,7-10,17,23-24H,5-6,11H2,1-2H3. The largest absolute Gasteiger partial charge is 0.396 e. The van der Waals surface area contributed by atoms with Gasteiger partial charge in [-0.3, -0.25) is 0 Å². The third-order valence-electron chi connectivity index (χ3n) is 4.69. The molecule has 1 heterocycles. The van der Waals surface area contributed by atoms with Gasteiger partial charge < -0.3 is 10.1 Å². The molecule has 0 fully saturated rings. The fourth-order valence-electron chi connectivity index (χ4n) is 3.61. The lowest BCUT2D eigenvalue weighted by molar-refractivity contribution is 0.281. The number of nitrogens with one attached hydrogen (secondary N) is 1. The lowest BCUT2D eigenvalue weighted by atomic mass is 9.86. The van der Waals surface area contributed by atoms with Crippen LogP contribution in [-0.2, 0) is 15.6 Å². The Labute approximate surface area is 162 Å². The van der Waals surface area contributed by atoms with Crippen LogP contribution in [0.3, 0.4) is 0 Å². The highest BCUT2D eigenvalue weighted by Crippen LogP contribution is 2.37. The highest BCUT2D eigenvalue weighted by molar-refractivity contribution is 7.89. The van der Waals surface area contributed by atoms with E-state index in [1.54, 1.807) is 12.3 Å². The molecule has 0 bridgehead atoms. The molecule has 0 aliphatic carbocycles. The van der Waals surface area contributed by atoms with Crippen LogP contribution in [0.2, 0.25) is 5.02 Å². The van der Waals surface area contributed by atoms with E-state index in [1.807, 2.05) is 19.1 Å². The fourth-order valence-corrected chi connectivity index (χ4v) is 4.63. The average molecular weight is 410 g/mol. The molecule has 3 aromatic rings. The van der Waals surface area contributed by atoms with E-state index in [2.05, 4.69) is 4.98 Å². The smallest absolute Gasteiger partial charge is 0.151 e. The van der Waals surface area contributed by atoms with Crippen LogP contribution in [0.25, 0.3) is 10.9 Å². The number of fused-ring (bicyclic) bond motifs is 1. The molecule has 0 aliphatic rings. The number of hydrogen-bond donors (Lipinski definition) is 2. The van der Waals surface area contributed by atoms with Gasteiger partial charge in [-0.25, -0.2) is 12.8 Å². The van der Waals surface area contributed by atoms with E-state index in [0.29, 0.717) is 27.9 Å². The lowest BCUT2D eigenvalue weighted by Gasteiger charge is -2.19. The molecule has 0 aliphatic heterocycles. The van der Waals surface area contributed by atoms with Crippen molar-refractivity contribution >= 4 is 32.3 Å². The molecule has 27 heavy (non-hydrogen) atoms. The molecule has 0 saturated carbocycles. The molecule has 4 nitrogen and oxygen atoms in total. The Hall–Kier alpha value is -1.89. The van der Waals surface area contributed by atoms with Gasteiger partial charge in [0.05, 0.1) is 11.3 Å². The van der Waals surface area contributed by atoms with Gasteiger partial charge in [-0.05, 0) is 59.9 Å². The Morgan fingerprint density at radius 2 is 1.96 bits per heavy atom. The summed E-state index contributed by atoms with van der Waals surface area (Å²) in [5, 5.41) is 10.8. The Bertz CT molecular complexity index is 1090. The van der Waals surface area contributed by atoms with Crippen molar-refractivity contribution in [1.29, 1.82) is 0 Å². The monoisotopic (exact) mass is 409 g/mol. The quantitative estimate of drug-likeness (QED) is 0.636. The van der Waals surface area contributed by atoms with E-state index in [4.69, 9.17) is 11.6 Å². The molecule has 2 aromatic carbocycles. The molecule has 1 unspecified atom stereocenters. The number of halogens is 2. The SMILES string of the molecule is Cc1cc(Cl)ccc1C(CCO)c1c[nH]c2c(CS(C)(=O)=O)cc(F)cc12. The number of aromatic amines is 1. The summed E-state index contributed by atoms with van der Waals surface area (Å²) in [4.78, 5) is 3.11. The number of aliphatic hydroxyl groups is 1. The van der Waals surface area contributed by atoms with Crippen LogP contribution in [0.15, 0.2) is 36.5 Å². The van der Waals surface area contributed by atoms with Crippen LogP contribution in [0, 0.1) is 12.7 Å². The molecule has 3 rings (SSSR count). The Balaban J connectivity index is 2.19. The second-order valence-electron chi connectivity index (χ2n) is 6.87. The number of hydrogen-bond acceptors (Lipinski definition) is 3. The van der Waals surface area contributed by atoms with Crippen LogP contribution in [-0.4, -0.2) is 31.4 Å². The average Bonchev–Trinajstić information content (AvgIpc) is 2.95. The van der Waals surface area contributed by atoms with Crippen LogP contribution >= 0.6 is 11.6 Å². The zero-order valence-corrected chi connectivity index (χ0v) is 16.7. The highest BCUT2D eigenvalue weighted by Gasteiger charge is 2.22. The first kappa shape index (κ1) is 19.9. The van der Waals surface area contributed by atoms with Gasteiger partial charge in [0.25, 0.3) is 0 Å². The fraction of sp³-hybridized carbons (Fsp3) is 0.300. The molecule has 2 N–H and O–H groups in total. The second kappa shape index (κ2) is 7.62. The van der Waals surface area contributed by atoms with Crippen LogP contribution in [0.4, 0.5) is 4.39 Å². The van der Waals surface area contributed by atoms with E-state index in [9.17, 15) is 17.9 Å². The molecule has 0 amide bonds. The number of aromatic nitrogens is 1. The maximum atomic E-state index is 14.2. The summed E-state index contributed by atoms with van der Waals surface area (Å²) in [5.74, 6) is -0.905. The summed E-state index contributed by atoms with van der Waals surface area (Å²) in [6, 6.07) is 8.21. The van der Waals surface area contributed by atoms with Gasteiger partial charge in [-0.1, -0.05) is 17.7 Å². The van der Waals surface area contributed by atoms with E-state index >= 15 is 0 Å². The van der Waals surface area contributed by atoms with Crippen molar-refractivity contribution in [3.8, 4) is 0 Å². The summed E-state index contributed by atoms with van der Waals surface area (Å²) in [6.45, 7) is 1.90. The first-order valence-electron chi connectivity index (χ1n) is 8.53. The summed E-state index contributed by atoms with van der Waals surface area (Å²) in [7, 11) is -3.31. The van der Waals surface area contributed by atoms with Gasteiger partial charge in [0.1, 0.15) is 5.82 Å². The van der Waals surface area contributed by atoms with Gasteiger partial charge in [0.2, 0.25) is 0 Å². The summed E-state index contributed by atoms with van der Waals surface area (Å²) >= 11 is 6.06. The normalized spacial score (nSPS) is 13.2. The number of H-pyrrole nitrogens is 1. The molecular weight excluding hydrogens is 389 g/mol. The van der Waals surface area contributed by atoms with Gasteiger partial charge in [0, 0.05) is 35.4 Å². The van der Waals surface area contributed by atoms with Gasteiger partial charge in [-0.2, -0.15) is 0 Å². The predicted octanol–water partition coefficient (Wildman–Crippen LogP) is 4.33. The first-order valence-corrected chi connectivity index (χ1v) is 11.0. The first-order chi connectivity index (χ1) is 12.7. The lowest BCUT2D eigenvalue weighted by Crippen LogP contribution is -2.06. The molecular formula is C20H21ClFNO3S. The Kier molecular flexibility index (Phi) is 5.60. The van der Waals surface area contributed by atoms with Crippen molar-refractivity contribution in [2.24, 2.45) is 0 Å². The van der Waals surface area contributed by atoms with Crippen LogP contribution < -0.4 is 0 Å².